The van der Waals surface area contributed by atoms with Crippen LogP contribution in [-0.4, -0.2) is 36.1 Å². The number of fused-ring (bicyclic) bond motifs is 1. The second-order valence-electron chi connectivity index (χ2n) is 5.73. The average molecular weight is 263 g/mol. The van der Waals surface area contributed by atoms with Gasteiger partial charge in [-0.1, -0.05) is 6.07 Å². The molecule has 4 nitrogen and oxygen atoms in total. The van der Waals surface area contributed by atoms with Crippen molar-refractivity contribution in [3.63, 3.8) is 0 Å². The highest BCUT2D eigenvalue weighted by Gasteiger charge is 2.20. The fourth-order valence-electron chi connectivity index (χ4n) is 2.59. The van der Waals surface area contributed by atoms with Gasteiger partial charge in [0.25, 0.3) is 0 Å². The molecule has 1 aliphatic rings. The van der Waals surface area contributed by atoms with Crippen molar-refractivity contribution < 1.29 is 0 Å². The van der Waals surface area contributed by atoms with E-state index in [2.05, 4.69) is 36.1 Å². The third-order valence-electron chi connectivity index (χ3n) is 4.07. The molecular weight excluding hydrogens is 238 g/mol. The van der Waals surface area contributed by atoms with Gasteiger partial charge in [-0.3, -0.25) is 4.79 Å². The van der Waals surface area contributed by atoms with Gasteiger partial charge in [0.15, 0.2) is 0 Å². The molecule has 1 aromatic heterocycles. The molecule has 1 atom stereocenters. The van der Waals surface area contributed by atoms with Gasteiger partial charge < -0.3 is 15.2 Å². The van der Waals surface area contributed by atoms with Gasteiger partial charge >= 0.3 is 0 Å². The predicted octanol–water partition coefficient (Wildman–Crippen LogP) is 1.68. The summed E-state index contributed by atoms with van der Waals surface area (Å²) in [6.07, 6.45) is 3.30. The largest absolute Gasteiger partial charge is 0.326 e. The summed E-state index contributed by atoms with van der Waals surface area (Å²) in [5.74, 6) is 0. The molecule has 19 heavy (non-hydrogen) atoms. The first-order valence-corrected chi connectivity index (χ1v) is 7.23. The molecule has 0 radical (unpaired) electrons. The lowest BCUT2D eigenvalue weighted by Crippen LogP contribution is -2.36. The van der Waals surface area contributed by atoms with E-state index in [1.54, 1.807) is 6.07 Å². The van der Waals surface area contributed by atoms with Crippen LogP contribution in [0, 0.1) is 0 Å². The van der Waals surface area contributed by atoms with Crippen molar-refractivity contribution in [2.24, 2.45) is 0 Å². The summed E-state index contributed by atoms with van der Waals surface area (Å²) in [5.41, 5.74) is 2.41. The van der Waals surface area contributed by atoms with Crippen LogP contribution in [-0.2, 0) is 6.42 Å². The fraction of sp³-hybridized carbons (Fsp3) is 0.667. The lowest BCUT2D eigenvalue weighted by molar-refractivity contribution is 0.266. The molecule has 1 unspecified atom stereocenters. The smallest absolute Gasteiger partial charge is 0.248 e. The van der Waals surface area contributed by atoms with Crippen LogP contribution in [0.25, 0.3) is 0 Å². The van der Waals surface area contributed by atoms with Crippen molar-refractivity contribution in [1.29, 1.82) is 0 Å². The Bertz CT molecular complexity index is 467. The molecule has 1 aliphatic carbocycles. The molecule has 1 heterocycles. The Kier molecular flexibility index (Phi) is 4.77. The molecule has 2 rings (SSSR count). The van der Waals surface area contributed by atoms with Gasteiger partial charge in [-0.05, 0) is 45.7 Å². The van der Waals surface area contributed by atoms with Crippen molar-refractivity contribution in [1.82, 2.24) is 15.2 Å². The van der Waals surface area contributed by atoms with Gasteiger partial charge in [0.2, 0.25) is 5.56 Å². The standard InChI is InChI=1S/C15H25N3O/c1-11(2)18(3)10-9-16-13-5-4-6-14-12(13)7-8-15(19)17-14/h7-8,11,13,16H,4-6,9-10H2,1-3H3,(H,17,19). The molecule has 0 aliphatic heterocycles. The fourth-order valence-corrected chi connectivity index (χ4v) is 2.59. The topological polar surface area (TPSA) is 48.1 Å². The number of hydrogen-bond acceptors (Lipinski definition) is 3. The number of aromatic amines is 1. The van der Waals surface area contributed by atoms with E-state index in [0.717, 1.165) is 38.0 Å². The molecule has 2 N–H and O–H groups in total. The zero-order valence-electron chi connectivity index (χ0n) is 12.2. The SMILES string of the molecule is CC(C)N(C)CCNC1CCCc2[nH]c(=O)ccc21. The minimum absolute atomic E-state index is 0.0129. The highest BCUT2D eigenvalue weighted by Crippen LogP contribution is 2.27. The molecule has 106 valence electrons. The number of nitrogens with zero attached hydrogens (tertiary/aromatic N) is 1. The van der Waals surface area contributed by atoms with E-state index < -0.39 is 0 Å². The first kappa shape index (κ1) is 14.3. The van der Waals surface area contributed by atoms with Gasteiger partial charge in [0.1, 0.15) is 0 Å². The van der Waals surface area contributed by atoms with Gasteiger partial charge in [-0.15, -0.1) is 0 Å². The normalized spacial score (nSPS) is 18.9. The molecule has 0 saturated carbocycles. The first-order valence-electron chi connectivity index (χ1n) is 7.23. The summed E-state index contributed by atoms with van der Waals surface area (Å²) >= 11 is 0. The van der Waals surface area contributed by atoms with Crippen LogP contribution in [0.4, 0.5) is 0 Å². The maximum atomic E-state index is 11.3. The number of likely N-dealkylation sites (N-methyl/N-ethyl adjacent to an activating group) is 1. The van der Waals surface area contributed by atoms with E-state index >= 15 is 0 Å². The molecule has 0 saturated heterocycles. The number of hydrogen-bond donors (Lipinski definition) is 2. The summed E-state index contributed by atoms with van der Waals surface area (Å²) in [5, 5.41) is 3.62. The summed E-state index contributed by atoms with van der Waals surface area (Å²) in [6.45, 7) is 6.45. The lowest BCUT2D eigenvalue weighted by Gasteiger charge is -2.28. The van der Waals surface area contributed by atoms with E-state index in [9.17, 15) is 4.79 Å². The highest BCUT2D eigenvalue weighted by atomic mass is 16.1. The van der Waals surface area contributed by atoms with Crippen LogP contribution >= 0.6 is 0 Å². The zero-order chi connectivity index (χ0) is 13.8. The maximum absolute atomic E-state index is 11.3. The zero-order valence-corrected chi connectivity index (χ0v) is 12.2. The molecule has 0 aromatic carbocycles. The summed E-state index contributed by atoms with van der Waals surface area (Å²) < 4.78 is 0. The summed E-state index contributed by atoms with van der Waals surface area (Å²) in [7, 11) is 2.15. The second kappa shape index (κ2) is 6.35. The van der Waals surface area contributed by atoms with Gasteiger partial charge in [0, 0.05) is 36.9 Å². The van der Waals surface area contributed by atoms with Crippen LogP contribution in [0.5, 0.6) is 0 Å². The number of pyridine rings is 1. The maximum Gasteiger partial charge on any atom is 0.248 e. The third kappa shape index (κ3) is 3.67. The minimum atomic E-state index is 0.0129. The molecular formula is C15H25N3O. The van der Waals surface area contributed by atoms with E-state index in [1.165, 1.54) is 5.56 Å². The van der Waals surface area contributed by atoms with E-state index in [0.29, 0.717) is 12.1 Å². The average Bonchev–Trinajstić information content (AvgIpc) is 2.38. The van der Waals surface area contributed by atoms with E-state index in [4.69, 9.17) is 0 Å². The van der Waals surface area contributed by atoms with Crippen molar-refractivity contribution >= 4 is 0 Å². The number of nitrogens with one attached hydrogen (secondary N) is 2. The Morgan fingerprint density at radius 3 is 3.00 bits per heavy atom. The Morgan fingerprint density at radius 1 is 1.47 bits per heavy atom. The molecule has 4 heteroatoms. The summed E-state index contributed by atoms with van der Waals surface area (Å²) in [4.78, 5) is 16.6. The monoisotopic (exact) mass is 263 g/mol. The van der Waals surface area contributed by atoms with E-state index in [-0.39, 0.29) is 5.56 Å². The molecule has 0 bridgehead atoms. The summed E-state index contributed by atoms with van der Waals surface area (Å²) in [6, 6.07) is 4.59. The van der Waals surface area contributed by atoms with Gasteiger partial charge in [-0.25, -0.2) is 0 Å². The number of rotatable bonds is 5. The van der Waals surface area contributed by atoms with Gasteiger partial charge in [-0.2, -0.15) is 0 Å². The minimum Gasteiger partial charge on any atom is -0.326 e. The van der Waals surface area contributed by atoms with Crippen LogP contribution in [0.1, 0.15) is 44.0 Å². The van der Waals surface area contributed by atoms with Crippen molar-refractivity contribution in [2.75, 3.05) is 20.1 Å². The number of aryl methyl sites for hydroxylation is 1. The van der Waals surface area contributed by atoms with Crippen molar-refractivity contribution in [3.05, 3.63) is 33.7 Å². The molecule has 1 aromatic rings. The number of H-pyrrole nitrogens is 1. The Labute approximate surface area is 115 Å². The van der Waals surface area contributed by atoms with Crippen LogP contribution in [0.3, 0.4) is 0 Å². The molecule has 0 fully saturated rings. The second-order valence-corrected chi connectivity index (χ2v) is 5.73. The van der Waals surface area contributed by atoms with E-state index in [1.807, 2.05) is 6.07 Å². The Hall–Kier alpha value is -1.13. The van der Waals surface area contributed by atoms with Gasteiger partial charge in [0.05, 0.1) is 0 Å². The predicted molar refractivity (Wildman–Crippen MR) is 78.5 cm³/mol. The third-order valence-corrected chi connectivity index (χ3v) is 4.07. The molecule has 0 amide bonds. The van der Waals surface area contributed by atoms with Crippen LogP contribution in [0.15, 0.2) is 16.9 Å². The lowest BCUT2D eigenvalue weighted by atomic mass is 9.91. The van der Waals surface area contributed by atoms with Crippen molar-refractivity contribution in [2.45, 2.75) is 45.2 Å². The Morgan fingerprint density at radius 2 is 2.26 bits per heavy atom. The van der Waals surface area contributed by atoms with Crippen molar-refractivity contribution in [3.8, 4) is 0 Å². The quantitative estimate of drug-likeness (QED) is 0.850. The van der Waals surface area contributed by atoms with Crippen LogP contribution in [0.2, 0.25) is 0 Å². The highest BCUT2D eigenvalue weighted by molar-refractivity contribution is 5.26. The Balaban J connectivity index is 1.94. The van der Waals surface area contributed by atoms with Crippen LogP contribution < -0.4 is 10.9 Å². The molecule has 0 spiro atoms. The first-order chi connectivity index (χ1) is 9.08. The number of aromatic nitrogens is 1.